The third-order valence-electron chi connectivity index (χ3n) is 3.66. The molecule has 9 heteroatoms. The predicted molar refractivity (Wildman–Crippen MR) is 91.1 cm³/mol. The summed E-state index contributed by atoms with van der Waals surface area (Å²) in [6, 6.07) is 2.65. The van der Waals surface area contributed by atoms with E-state index < -0.39 is 10.9 Å². The van der Waals surface area contributed by atoms with Crippen LogP contribution in [0.5, 0.6) is 11.5 Å². The fourth-order valence-corrected chi connectivity index (χ4v) is 2.24. The lowest BCUT2D eigenvalue weighted by atomic mass is 10.1. The zero-order valence-corrected chi connectivity index (χ0v) is 15.1. The highest BCUT2D eigenvalue weighted by molar-refractivity contribution is 5.70. The molecule has 1 rings (SSSR count). The summed E-state index contributed by atoms with van der Waals surface area (Å²) in [7, 11) is 4.11. The fraction of sp³-hybridized carbons (Fsp3) is 0.529. The zero-order chi connectivity index (χ0) is 19.5. The molecule has 144 valence electrons. The second-order valence-corrected chi connectivity index (χ2v) is 5.39. The minimum Gasteiger partial charge on any atom is -0.493 e. The number of carbonyl (C=O) groups is 2. The number of nitro benzene ring substituents is 1. The van der Waals surface area contributed by atoms with Crippen LogP contribution in [0.25, 0.3) is 0 Å². The van der Waals surface area contributed by atoms with Crippen LogP contribution < -0.4 is 9.47 Å². The maximum absolute atomic E-state index is 11.8. The van der Waals surface area contributed by atoms with Gasteiger partial charge in [-0.15, -0.1) is 0 Å². The Kier molecular flexibility index (Phi) is 8.90. The summed E-state index contributed by atoms with van der Waals surface area (Å²) in [5.74, 6) is -0.215. The topological polar surface area (TPSA) is 114 Å². The van der Waals surface area contributed by atoms with Gasteiger partial charge < -0.3 is 18.9 Å². The van der Waals surface area contributed by atoms with Crippen molar-refractivity contribution in [3.8, 4) is 11.5 Å². The van der Waals surface area contributed by atoms with Gasteiger partial charge in [0, 0.05) is 12.8 Å². The first-order chi connectivity index (χ1) is 12.4. The van der Waals surface area contributed by atoms with Gasteiger partial charge in [0.1, 0.15) is 6.61 Å². The standard InChI is InChI=1S/C17H23NO8/c1-23-14-9-12(13(18(21)22)10-15(14)24-2)11-26-17(20)8-6-4-5-7-16(19)25-3/h9-10H,4-8,11H2,1-3H3. The number of unbranched alkanes of at least 4 members (excludes halogenated alkanes) is 2. The third-order valence-corrected chi connectivity index (χ3v) is 3.66. The van der Waals surface area contributed by atoms with Crippen LogP contribution in [0.3, 0.4) is 0 Å². The van der Waals surface area contributed by atoms with Crippen LogP contribution in [0.15, 0.2) is 12.1 Å². The Bertz CT molecular complexity index is 644. The summed E-state index contributed by atoms with van der Waals surface area (Å²) in [6.07, 6.45) is 2.34. The Balaban J connectivity index is 2.56. The molecule has 0 bridgehead atoms. The van der Waals surface area contributed by atoms with Crippen LogP contribution in [-0.4, -0.2) is 38.2 Å². The molecule has 0 fully saturated rings. The Morgan fingerprint density at radius 3 is 2.08 bits per heavy atom. The number of carbonyl (C=O) groups excluding carboxylic acids is 2. The second kappa shape index (κ2) is 10.9. The molecule has 0 saturated carbocycles. The molecular formula is C17H23NO8. The first kappa shape index (κ1) is 21.2. The van der Waals surface area contributed by atoms with Crippen LogP contribution in [0.4, 0.5) is 5.69 Å². The smallest absolute Gasteiger partial charge is 0.306 e. The summed E-state index contributed by atoms with van der Waals surface area (Å²) in [4.78, 5) is 33.4. The van der Waals surface area contributed by atoms with Gasteiger partial charge in [-0.3, -0.25) is 19.7 Å². The molecule has 0 N–H and O–H groups in total. The molecule has 0 aromatic heterocycles. The average Bonchev–Trinajstić information content (AvgIpc) is 2.64. The van der Waals surface area contributed by atoms with Crippen molar-refractivity contribution in [3.63, 3.8) is 0 Å². The Morgan fingerprint density at radius 1 is 0.962 bits per heavy atom. The number of rotatable bonds is 11. The van der Waals surface area contributed by atoms with Gasteiger partial charge in [-0.05, 0) is 18.9 Å². The average molecular weight is 369 g/mol. The maximum atomic E-state index is 11.8. The Hall–Kier alpha value is -2.84. The number of ether oxygens (including phenoxy) is 4. The van der Waals surface area contributed by atoms with Crippen molar-refractivity contribution in [1.29, 1.82) is 0 Å². The van der Waals surface area contributed by atoms with Crippen molar-refractivity contribution in [3.05, 3.63) is 27.8 Å². The monoisotopic (exact) mass is 369 g/mol. The fourth-order valence-electron chi connectivity index (χ4n) is 2.24. The number of benzene rings is 1. The molecule has 0 radical (unpaired) electrons. The molecule has 0 heterocycles. The van der Waals surface area contributed by atoms with Crippen LogP contribution in [0.2, 0.25) is 0 Å². The highest BCUT2D eigenvalue weighted by atomic mass is 16.6. The van der Waals surface area contributed by atoms with E-state index >= 15 is 0 Å². The van der Waals surface area contributed by atoms with Crippen LogP contribution in [0, 0.1) is 10.1 Å². The molecule has 0 spiro atoms. The van der Waals surface area contributed by atoms with Crippen molar-refractivity contribution in [2.24, 2.45) is 0 Å². The van der Waals surface area contributed by atoms with E-state index in [0.29, 0.717) is 31.4 Å². The molecule has 0 aliphatic rings. The first-order valence-corrected chi connectivity index (χ1v) is 8.04. The van der Waals surface area contributed by atoms with Gasteiger partial charge in [-0.2, -0.15) is 0 Å². The Morgan fingerprint density at radius 2 is 1.54 bits per heavy atom. The van der Waals surface area contributed by atoms with E-state index in [1.807, 2.05) is 0 Å². The number of hydrogen-bond acceptors (Lipinski definition) is 8. The minimum atomic E-state index is -0.571. The predicted octanol–water partition coefficient (Wildman–Crippen LogP) is 2.78. The molecule has 0 atom stereocenters. The van der Waals surface area contributed by atoms with E-state index in [-0.39, 0.29) is 36.0 Å². The lowest BCUT2D eigenvalue weighted by molar-refractivity contribution is -0.385. The summed E-state index contributed by atoms with van der Waals surface area (Å²) >= 11 is 0. The lowest BCUT2D eigenvalue weighted by Crippen LogP contribution is -2.07. The molecule has 1 aromatic carbocycles. The van der Waals surface area contributed by atoms with Gasteiger partial charge >= 0.3 is 11.9 Å². The molecule has 0 unspecified atom stereocenters. The van der Waals surface area contributed by atoms with E-state index in [1.54, 1.807) is 0 Å². The van der Waals surface area contributed by atoms with E-state index in [2.05, 4.69) is 4.74 Å². The molecular weight excluding hydrogens is 346 g/mol. The number of nitro groups is 1. The molecule has 1 aromatic rings. The third kappa shape index (κ3) is 6.58. The van der Waals surface area contributed by atoms with Crippen molar-refractivity contribution in [2.75, 3.05) is 21.3 Å². The maximum Gasteiger partial charge on any atom is 0.306 e. The van der Waals surface area contributed by atoms with Crippen molar-refractivity contribution < 1.29 is 33.5 Å². The quantitative estimate of drug-likeness (QED) is 0.253. The number of nitrogens with zero attached hydrogens (tertiary/aromatic N) is 1. The largest absolute Gasteiger partial charge is 0.493 e. The molecule has 0 saturated heterocycles. The Labute approximate surface area is 151 Å². The minimum absolute atomic E-state index is 0.169. The summed E-state index contributed by atoms with van der Waals surface area (Å²) < 4.78 is 19.8. The lowest BCUT2D eigenvalue weighted by Gasteiger charge is -2.11. The molecule has 26 heavy (non-hydrogen) atoms. The van der Waals surface area contributed by atoms with Gasteiger partial charge in [0.25, 0.3) is 5.69 Å². The van der Waals surface area contributed by atoms with E-state index in [9.17, 15) is 19.7 Å². The first-order valence-electron chi connectivity index (χ1n) is 8.04. The van der Waals surface area contributed by atoms with Crippen LogP contribution in [0.1, 0.15) is 37.7 Å². The normalized spacial score (nSPS) is 10.1. The highest BCUT2D eigenvalue weighted by Crippen LogP contribution is 2.34. The number of hydrogen-bond donors (Lipinski definition) is 0. The van der Waals surface area contributed by atoms with Crippen molar-refractivity contribution >= 4 is 17.6 Å². The molecule has 0 aliphatic carbocycles. The zero-order valence-electron chi connectivity index (χ0n) is 15.1. The van der Waals surface area contributed by atoms with Gasteiger partial charge in [-0.25, -0.2) is 0 Å². The summed E-state index contributed by atoms with van der Waals surface area (Å²) in [5.41, 5.74) is 0.000203. The van der Waals surface area contributed by atoms with Gasteiger partial charge in [-0.1, -0.05) is 6.42 Å². The SMILES string of the molecule is COC(=O)CCCCCC(=O)OCc1cc(OC)c(OC)cc1[N+](=O)[O-]. The van der Waals surface area contributed by atoms with Gasteiger partial charge in [0.15, 0.2) is 11.5 Å². The molecule has 0 amide bonds. The highest BCUT2D eigenvalue weighted by Gasteiger charge is 2.20. The van der Waals surface area contributed by atoms with Crippen LogP contribution in [-0.2, 0) is 25.7 Å². The van der Waals surface area contributed by atoms with Gasteiger partial charge in [0.2, 0.25) is 0 Å². The van der Waals surface area contributed by atoms with Crippen molar-refractivity contribution in [2.45, 2.75) is 38.7 Å². The van der Waals surface area contributed by atoms with Gasteiger partial charge in [0.05, 0.1) is 37.9 Å². The van der Waals surface area contributed by atoms with E-state index in [4.69, 9.17) is 14.2 Å². The molecule has 9 nitrogen and oxygen atoms in total. The second-order valence-electron chi connectivity index (χ2n) is 5.39. The summed E-state index contributed by atoms with van der Waals surface area (Å²) in [5, 5.41) is 11.2. The van der Waals surface area contributed by atoms with E-state index in [1.165, 1.54) is 33.5 Å². The summed E-state index contributed by atoms with van der Waals surface area (Å²) in [6.45, 7) is -0.238. The van der Waals surface area contributed by atoms with Crippen LogP contribution >= 0.6 is 0 Å². The van der Waals surface area contributed by atoms with Crippen molar-refractivity contribution in [1.82, 2.24) is 0 Å². The molecule has 0 aliphatic heterocycles. The number of esters is 2. The van der Waals surface area contributed by atoms with E-state index in [0.717, 1.165) is 0 Å². The number of methoxy groups -OCH3 is 3.